The van der Waals surface area contributed by atoms with Crippen molar-refractivity contribution < 1.29 is 13.9 Å². The number of hydrogen-bond acceptors (Lipinski definition) is 5. The average Bonchev–Trinajstić information content (AvgIpc) is 3.27. The van der Waals surface area contributed by atoms with E-state index in [2.05, 4.69) is 31.2 Å². The highest BCUT2D eigenvalue weighted by Gasteiger charge is 2.12. The molecule has 0 aliphatic carbocycles. The molecule has 2 aromatic heterocycles. The van der Waals surface area contributed by atoms with Crippen molar-refractivity contribution in [2.75, 3.05) is 5.32 Å². The number of hydrogen-bond donors (Lipinski definition) is 1. The van der Waals surface area contributed by atoms with E-state index in [1.165, 1.54) is 0 Å². The molecule has 6 nitrogen and oxygen atoms in total. The average molecular weight is 500 g/mol. The van der Waals surface area contributed by atoms with Gasteiger partial charge < -0.3 is 14.5 Å². The summed E-state index contributed by atoms with van der Waals surface area (Å²) >= 11 is 3.40. The minimum Gasteiger partial charge on any atom is -0.489 e. The Balaban J connectivity index is 1.26. The molecular formula is C26H18BrN3O3. The molecule has 0 atom stereocenters. The van der Waals surface area contributed by atoms with Crippen LogP contribution < -0.4 is 10.1 Å². The van der Waals surface area contributed by atoms with Gasteiger partial charge in [0.1, 0.15) is 17.9 Å². The number of ether oxygens (including phenoxy) is 1. The van der Waals surface area contributed by atoms with Gasteiger partial charge >= 0.3 is 0 Å². The van der Waals surface area contributed by atoms with E-state index in [9.17, 15) is 4.79 Å². The Morgan fingerprint density at radius 1 is 0.970 bits per heavy atom. The van der Waals surface area contributed by atoms with Crippen molar-refractivity contribution in [2.24, 2.45) is 0 Å². The number of oxazole rings is 1. The van der Waals surface area contributed by atoms with Crippen LogP contribution in [0.4, 0.5) is 5.69 Å². The lowest BCUT2D eigenvalue weighted by molar-refractivity contribution is 0.102. The van der Waals surface area contributed by atoms with E-state index in [0.29, 0.717) is 40.6 Å². The van der Waals surface area contributed by atoms with Crippen molar-refractivity contribution in [1.29, 1.82) is 0 Å². The Hall–Kier alpha value is -3.97. The first kappa shape index (κ1) is 20.9. The van der Waals surface area contributed by atoms with Gasteiger partial charge in [0.2, 0.25) is 5.89 Å². The maximum Gasteiger partial charge on any atom is 0.255 e. The van der Waals surface area contributed by atoms with Crippen molar-refractivity contribution >= 4 is 38.6 Å². The lowest BCUT2D eigenvalue weighted by Gasteiger charge is -2.08. The smallest absolute Gasteiger partial charge is 0.255 e. The molecule has 0 bridgehead atoms. The zero-order valence-corrected chi connectivity index (χ0v) is 19.0. The normalized spacial score (nSPS) is 10.8. The highest BCUT2D eigenvalue weighted by Crippen LogP contribution is 2.27. The predicted molar refractivity (Wildman–Crippen MR) is 130 cm³/mol. The topological polar surface area (TPSA) is 77.3 Å². The molecule has 0 unspecified atom stereocenters. The largest absolute Gasteiger partial charge is 0.489 e. The Morgan fingerprint density at radius 2 is 1.79 bits per heavy atom. The van der Waals surface area contributed by atoms with Crippen LogP contribution in [0.15, 0.2) is 100 Å². The molecule has 162 valence electrons. The molecule has 7 heteroatoms. The van der Waals surface area contributed by atoms with Crippen molar-refractivity contribution in [2.45, 2.75) is 6.61 Å². The molecule has 0 aliphatic heterocycles. The number of benzene rings is 3. The maximum atomic E-state index is 12.7. The summed E-state index contributed by atoms with van der Waals surface area (Å²) in [4.78, 5) is 21.4. The zero-order valence-electron chi connectivity index (χ0n) is 17.4. The molecule has 2 heterocycles. The van der Waals surface area contributed by atoms with Crippen LogP contribution >= 0.6 is 15.9 Å². The van der Waals surface area contributed by atoms with E-state index in [4.69, 9.17) is 9.15 Å². The summed E-state index contributed by atoms with van der Waals surface area (Å²) in [5, 5.41) is 2.90. The summed E-state index contributed by atoms with van der Waals surface area (Å²) in [6.07, 6.45) is 3.38. The minimum absolute atomic E-state index is 0.219. The van der Waals surface area contributed by atoms with E-state index < -0.39 is 0 Å². The first-order valence-electron chi connectivity index (χ1n) is 10.2. The molecule has 0 radical (unpaired) electrons. The van der Waals surface area contributed by atoms with Crippen LogP contribution in [-0.2, 0) is 6.61 Å². The molecular weight excluding hydrogens is 482 g/mol. The fraction of sp³-hybridized carbons (Fsp3) is 0.0385. The lowest BCUT2D eigenvalue weighted by atomic mass is 10.2. The van der Waals surface area contributed by atoms with Gasteiger partial charge in [-0.2, -0.15) is 0 Å². The second kappa shape index (κ2) is 9.26. The van der Waals surface area contributed by atoms with Gasteiger partial charge in [0, 0.05) is 28.1 Å². The zero-order chi connectivity index (χ0) is 22.6. The summed E-state index contributed by atoms with van der Waals surface area (Å²) in [5.74, 6) is 0.950. The van der Waals surface area contributed by atoms with Gasteiger partial charge in [-0.05, 0) is 70.0 Å². The molecule has 0 fully saturated rings. The quantitative estimate of drug-likeness (QED) is 0.289. The van der Waals surface area contributed by atoms with Crippen LogP contribution in [0.5, 0.6) is 5.75 Å². The molecule has 0 saturated heterocycles. The SMILES string of the molecule is O=C(Nc1ccc2oc(-c3cncc(Br)c3)nc2c1)c1ccc(OCc2ccccc2)cc1. The van der Waals surface area contributed by atoms with E-state index in [1.54, 1.807) is 54.9 Å². The fourth-order valence-corrected chi connectivity index (χ4v) is 3.67. The Morgan fingerprint density at radius 3 is 2.58 bits per heavy atom. The standard InChI is InChI=1S/C26H18BrN3O3/c27-20-12-19(14-28-15-20)26-30-23-13-21(8-11-24(23)33-26)29-25(31)18-6-9-22(10-7-18)32-16-17-4-2-1-3-5-17/h1-15H,16H2,(H,29,31). The van der Waals surface area contributed by atoms with Gasteiger partial charge in [-0.3, -0.25) is 9.78 Å². The summed E-state index contributed by atoms with van der Waals surface area (Å²) in [6, 6.07) is 24.2. The second-order valence-electron chi connectivity index (χ2n) is 7.35. The van der Waals surface area contributed by atoms with E-state index in [-0.39, 0.29) is 5.91 Å². The fourth-order valence-electron chi connectivity index (χ4n) is 3.30. The lowest BCUT2D eigenvalue weighted by Crippen LogP contribution is -2.11. The molecule has 1 amide bonds. The summed E-state index contributed by atoms with van der Waals surface area (Å²) in [7, 11) is 0. The second-order valence-corrected chi connectivity index (χ2v) is 8.26. The van der Waals surface area contributed by atoms with Crippen LogP contribution in [0.2, 0.25) is 0 Å². The summed E-state index contributed by atoms with van der Waals surface area (Å²) in [5.41, 5.74) is 4.28. The third kappa shape index (κ3) is 4.94. The molecule has 1 N–H and O–H groups in total. The third-order valence-electron chi connectivity index (χ3n) is 4.96. The number of carbonyl (C=O) groups is 1. The number of nitrogens with zero attached hydrogens (tertiary/aromatic N) is 2. The van der Waals surface area contributed by atoms with Gasteiger partial charge in [0.15, 0.2) is 5.58 Å². The highest BCUT2D eigenvalue weighted by atomic mass is 79.9. The Labute approximate surface area is 198 Å². The number of halogens is 1. The van der Waals surface area contributed by atoms with Gasteiger partial charge in [0.25, 0.3) is 5.91 Å². The maximum absolute atomic E-state index is 12.7. The van der Waals surface area contributed by atoms with E-state index >= 15 is 0 Å². The van der Waals surface area contributed by atoms with Crippen LogP contribution in [-0.4, -0.2) is 15.9 Å². The monoisotopic (exact) mass is 499 g/mol. The van der Waals surface area contributed by atoms with Crippen molar-refractivity contribution in [1.82, 2.24) is 9.97 Å². The number of pyridine rings is 1. The van der Waals surface area contributed by atoms with Crippen LogP contribution in [0.25, 0.3) is 22.6 Å². The van der Waals surface area contributed by atoms with Gasteiger partial charge in [-0.25, -0.2) is 4.98 Å². The number of aromatic nitrogens is 2. The van der Waals surface area contributed by atoms with Crippen LogP contribution in [0.3, 0.4) is 0 Å². The van der Waals surface area contributed by atoms with Crippen LogP contribution in [0, 0.1) is 0 Å². The predicted octanol–water partition coefficient (Wildman–Crippen LogP) is 6.48. The van der Waals surface area contributed by atoms with Gasteiger partial charge in [-0.1, -0.05) is 30.3 Å². The Bertz CT molecular complexity index is 1420. The molecule has 33 heavy (non-hydrogen) atoms. The number of amides is 1. The molecule has 0 spiro atoms. The van der Waals surface area contributed by atoms with Crippen molar-refractivity contribution in [3.63, 3.8) is 0 Å². The first-order valence-corrected chi connectivity index (χ1v) is 11.0. The number of nitrogens with one attached hydrogen (secondary N) is 1. The Kier molecular flexibility index (Phi) is 5.87. The molecule has 0 aliphatic rings. The number of anilines is 1. The number of carbonyl (C=O) groups excluding carboxylic acids is 1. The molecule has 5 rings (SSSR count). The van der Waals surface area contributed by atoms with E-state index in [0.717, 1.165) is 15.6 Å². The van der Waals surface area contributed by atoms with E-state index in [1.807, 2.05) is 36.4 Å². The van der Waals surface area contributed by atoms with Crippen molar-refractivity contribution in [3.8, 4) is 17.2 Å². The summed E-state index contributed by atoms with van der Waals surface area (Å²) in [6.45, 7) is 0.474. The third-order valence-corrected chi connectivity index (χ3v) is 5.40. The molecule has 0 saturated carbocycles. The number of fused-ring (bicyclic) bond motifs is 1. The van der Waals surface area contributed by atoms with Crippen molar-refractivity contribution in [3.05, 3.63) is 107 Å². The van der Waals surface area contributed by atoms with Gasteiger partial charge in [-0.15, -0.1) is 0 Å². The highest BCUT2D eigenvalue weighted by molar-refractivity contribution is 9.10. The first-order chi connectivity index (χ1) is 16.1. The van der Waals surface area contributed by atoms with Gasteiger partial charge in [0.05, 0.1) is 5.56 Å². The minimum atomic E-state index is -0.219. The molecule has 3 aromatic carbocycles. The number of rotatable bonds is 6. The van der Waals surface area contributed by atoms with Crippen LogP contribution in [0.1, 0.15) is 15.9 Å². The molecule has 5 aromatic rings. The summed E-state index contributed by atoms with van der Waals surface area (Å²) < 4.78 is 12.4.